The summed E-state index contributed by atoms with van der Waals surface area (Å²) in [6.07, 6.45) is 0.176. The van der Waals surface area contributed by atoms with Gasteiger partial charge in [0.2, 0.25) is 5.91 Å². The van der Waals surface area contributed by atoms with Crippen LogP contribution in [-0.4, -0.2) is 24.2 Å². The highest BCUT2D eigenvalue weighted by molar-refractivity contribution is 9.10. The van der Waals surface area contributed by atoms with Crippen molar-refractivity contribution in [2.24, 2.45) is 0 Å². The molecule has 2 aromatic rings. The van der Waals surface area contributed by atoms with Crippen LogP contribution in [0.15, 0.2) is 57.9 Å². The zero-order chi connectivity index (χ0) is 16.9. The van der Waals surface area contributed by atoms with Gasteiger partial charge in [0.15, 0.2) is 0 Å². The largest absolute Gasteiger partial charge is 0.461 e. The van der Waals surface area contributed by atoms with E-state index >= 15 is 0 Å². The number of hydrogen-bond acceptors (Lipinski definition) is 4. The smallest absolute Gasteiger partial charge is 0.307 e. The lowest BCUT2D eigenvalue weighted by Gasteiger charge is -2.28. The first-order valence-corrected chi connectivity index (χ1v) is 9.34. The number of carbonyl (C=O) groups is 2. The third kappa shape index (κ3) is 3.99. The Kier molecular flexibility index (Phi) is 5.58. The first kappa shape index (κ1) is 17.0. The van der Waals surface area contributed by atoms with Gasteiger partial charge in [0, 0.05) is 21.5 Å². The molecule has 1 aliphatic rings. The Bertz CT molecular complexity index is 765. The van der Waals surface area contributed by atoms with Gasteiger partial charge in [-0.1, -0.05) is 46.3 Å². The molecule has 0 atom stereocenters. The first-order chi connectivity index (χ1) is 11.6. The number of benzene rings is 2. The zero-order valence-corrected chi connectivity index (χ0v) is 15.3. The number of fused-ring (bicyclic) bond motifs is 1. The molecule has 1 heterocycles. The minimum Gasteiger partial charge on any atom is -0.461 e. The normalized spacial score (nSPS) is 13.5. The molecule has 24 heavy (non-hydrogen) atoms. The van der Waals surface area contributed by atoms with E-state index < -0.39 is 0 Å². The van der Waals surface area contributed by atoms with Crippen LogP contribution < -0.4 is 4.90 Å². The third-order valence-electron chi connectivity index (χ3n) is 3.69. The molecule has 0 radical (unpaired) electrons. The van der Waals surface area contributed by atoms with Crippen molar-refractivity contribution >= 4 is 45.3 Å². The Morgan fingerprint density at radius 2 is 1.92 bits per heavy atom. The van der Waals surface area contributed by atoms with Crippen molar-refractivity contribution in [2.75, 3.05) is 17.2 Å². The molecule has 0 saturated carbocycles. The second-order valence-corrected chi connectivity index (χ2v) is 7.18. The number of anilines is 1. The standard InChI is InChI=1S/C18H16BrNO3S/c19-14-6-2-1-5-13(14)11-23-18(22)9-10-20-15-7-3-4-8-16(15)24-12-17(20)21/h1-8H,9-12H2. The van der Waals surface area contributed by atoms with Gasteiger partial charge in [-0.05, 0) is 18.2 Å². The average Bonchev–Trinajstić information content (AvgIpc) is 2.60. The van der Waals surface area contributed by atoms with Crippen molar-refractivity contribution in [3.8, 4) is 0 Å². The Balaban J connectivity index is 1.57. The number of esters is 1. The van der Waals surface area contributed by atoms with Gasteiger partial charge >= 0.3 is 5.97 Å². The van der Waals surface area contributed by atoms with Gasteiger partial charge in [-0.3, -0.25) is 9.59 Å². The molecule has 0 fully saturated rings. The molecule has 4 nitrogen and oxygen atoms in total. The summed E-state index contributed by atoms with van der Waals surface area (Å²) < 4.78 is 6.22. The molecule has 0 spiro atoms. The maximum atomic E-state index is 12.1. The minimum absolute atomic E-state index is 0.0253. The maximum absolute atomic E-state index is 12.1. The van der Waals surface area contributed by atoms with Crippen LogP contribution in [0.4, 0.5) is 5.69 Å². The van der Waals surface area contributed by atoms with E-state index in [2.05, 4.69) is 15.9 Å². The van der Waals surface area contributed by atoms with Crippen LogP contribution in [0.2, 0.25) is 0 Å². The summed E-state index contributed by atoms with van der Waals surface area (Å²) in [6.45, 7) is 0.561. The van der Waals surface area contributed by atoms with Crippen LogP contribution in [0.25, 0.3) is 0 Å². The van der Waals surface area contributed by atoms with E-state index in [-0.39, 0.29) is 24.9 Å². The number of rotatable bonds is 5. The van der Waals surface area contributed by atoms with Crippen molar-refractivity contribution in [1.29, 1.82) is 0 Å². The molecular formula is C18H16BrNO3S. The van der Waals surface area contributed by atoms with E-state index in [4.69, 9.17) is 4.74 Å². The number of carbonyl (C=O) groups excluding carboxylic acids is 2. The molecule has 0 bridgehead atoms. The maximum Gasteiger partial charge on any atom is 0.307 e. The first-order valence-electron chi connectivity index (χ1n) is 7.56. The molecule has 124 valence electrons. The van der Waals surface area contributed by atoms with Gasteiger partial charge < -0.3 is 9.64 Å². The van der Waals surface area contributed by atoms with E-state index in [9.17, 15) is 9.59 Å². The van der Waals surface area contributed by atoms with E-state index in [0.717, 1.165) is 20.6 Å². The van der Waals surface area contributed by atoms with Crippen molar-refractivity contribution < 1.29 is 14.3 Å². The molecule has 0 aromatic heterocycles. The molecule has 6 heteroatoms. The number of para-hydroxylation sites is 1. The molecule has 3 rings (SSSR count). The second-order valence-electron chi connectivity index (χ2n) is 5.30. The minimum atomic E-state index is -0.311. The molecule has 0 saturated heterocycles. The highest BCUT2D eigenvalue weighted by Gasteiger charge is 2.24. The van der Waals surface area contributed by atoms with Crippen LogP contribution >= 0.6 is 27.7 Å². The number of halogens is 1. The van der Waals surface area contributed by atoms with Crippen molar-refractivity contribution in [1.82, 2.24) is 0 Å². The Hall–Kier alpha value is -1.79. The van der Waals surface area contributed by atoms with Crippen molar-refractivity contribution in [2.45, 2.75) is 17.9 Å². The molecule has 0 unspecified atom stereocenters. The molecule has 1 amide bonds. The summed E-state index contributed by atoms with van der Waals surface area (Å²) in [5.41, 5.74) is 1.79. The predicted octanol–water partition coefficient (Wildman–Crippen LogP) is 4.02. The topological polar surface area (TPSA) is 46.6 Å². The fourth-order valence-corrected chi connectivity index (χ4v) is 3.78. The number of nitrogens with zero attached hydrogens (tertiary/aromatic N) is 1. The number of ether oxygens (including phenoxy) is 1. The lowest BCUT2D eigenvalue weighted by atomic mass is 10.2. The summed E-state index contributed by atoms with van der Waals surface area (Å²) in [6, 6.07) is 15.4. The van der Waals surface area contributed by atoms with Crippen molar-refractivity contribution in [3.63, 3.8) is 0 Å². The Morgan fingerprint density at radius 1 is 1.17 bits per heavy atom. The van der Waals surface area contributed by atoms with Crippen LogP contribution in [0.5, 0.6) is 0 Å². The summed E-state index contributed by atoms with van der Waals surface area (Å²) in [5, 5.41) is 0. The molecule has 0 N–H and O–H groups in total. The van der Waals surface area contributed by atoms with Gasteiger partial charge in [-0.2, -0.15) is 0 Å². The SMILES string of the molecule is O=C(CCN1C(=O)CSc2ccccc21)OCc1ccccc1Br. The van der Waals surface area contributed by atoms with E-state index in [1.807, 2.05) is 48.5 Å². The van der Waals surface area contributed by atoms with E-state index in [1.165, 1.54) is 11.8 Å². The fourth-order valence-electron chi connectivity index (χ4n) is 2.45. The van der Waals surface area contributed by atoms with Crippen LogP contribution in [0, 0.1) is 0 Å². The average molecular weight is 406 g/mol. The second kappa shape index (κ2) is 7.85. The molecule has 0 aliphatic carbocycles. The molecular weight excluding hydrogens is 390 g/mol. The Labute approximate surface area is 153 Å². The fraction of sp³-hybridized carbons (Fsp3) is 0.222. The number of hydrogen-bond donors (Lipinski definition) is 0. The summed E-state index contributed by atoms with van der Waals surface area (Å²) in [7, 11) is 0. The van der Waals surface area contributed by atoms with Gasteiger partial charge in [-0.15, -0.1) is 11.8 Å². The van der Waals surface area contributed by atoms with Gasteiger partial charge in [-0.25, -0.2) is 0 Å². The quantitative estimate of drug-likeness (QED) is 0.704. The highest BCUT2D eigenvalue weighted by Crippen LogP contribution is 2.34. The van der Waals surface area contributed by atoms with E-state index in [0.29, 0.717) is 12.3 Å². The predicted molar refractivity (Wildman–Crippen MR) is 98.1 cm³/mol. The van der Waals surface area contributed by atoms with E-state index in [1.54, 1.807) is 4.90 Å². The van der Waals surface area contributed by atoms with Crippen LogP contribution in [0.1, 0.15) is 12.0 Å². The van der Waals surface area contributed by atoms with Gasteiger partial charge in [0.25, 0.3) is 0 Å². The van der Waals surface area contributed by atoms with Crippen molar-refractivity contribution in [3.05, 3.63) is 58.6 Å². The third-order valence-corrected chi connectivity index (χ3v) is 5.52. The number of thioether (sulfide) groups is 1. The lowest BCUT2D eigenvalue weighted by Crippen LogP contribution is -2.37. The van der Waals surface area contributed by atoms with Gasteiger partial charge in [0.05, 0.1) is 17.9 Å². The van der Waals surface area contributed by atoms with Crippen LogP contribution in [-0.2, 0) is 20.9 Å². The zero-order valence-electron chi connectivity index (χ0n) is 12.9. The van der Waals surface area contributed by atoms with Crippen LogP contribution in [0.3, 0.4) is 0 Å². The number of amides is 1. The molecule has 1 aliphatic heterocycles. The summed E-state index contributed by atoms with van der Waals surface area (Å²) >= 11 is 4.96. The monoisotopic (exact) mass is 405 g/mol. The summed E-state index contributed by atoms with van der Waals surface area (Å²) in [4.78, 5) is 26.9. The highest BCUT2D eigenvalue weighted by atomic mass is 79.9. The summed E-state index contributed by atoms with van der Waals surface area (Å²) in [5.74, 6) is 0.120. The Morgan fingerprint density at radius 3 is 2.75 bits per heavy atom. The lowest BCUT2D eigenvalue weighted by molar-refractivity contribution is -0.144. The molecule has 2 aromatic carbocycles. The van der Waals surface area contributed by atoms with Gasteiger partial charge in [0.1, 0.15) is 6.61 Å².